The van der Waals surface area contributed by atoms with E-state index in [1.165, 1.54) is 38.4 Å². The molecule has 0 heterocycles. The minimum atomic E-state index is -4.83. The minimum absolute atomic E-state index is 0.00273. The van der Waals surface area contributed by atoms with E-state index in [-0.39, 0.29) is 22.6 Å². The number of carbonyl (C=O) groups excluding carboxylic acids is 2. The van der Waals surface area contributed by atoms with Gasteiger partial charge in [0.1, 0.15) is 11.4 Å². The van der Waals surface area contributed by atoms with Gasteiger partial charge in [0.15, 0.2) is 0 Å². The predicted octanol–water partition coefficient (Wildman–Crippen LogP) is 3.26. The van der Waals surface area contributed by atoms with Crippen LogP contribution in [0, 0.1) is 10.1 Å². The molecule has 0 aliphatic rings. The van der Waals surface area contributed by atoms with Crippen molar-refractivity contribution in [2.45, 2.75) is 6.36 Å². The molecule has 2 aromatic carbocycles. The van der Waals surface area contributed by atoms with E-state index in [0.29, 0.717) is 13.2 Å². The van der Waals surface area contributed by atoms with Crippen LogP contribution >= 0.6 is 0 Å². The predicted molar refractivity (Wildman–Crippen MR) is 112 cm³/mol. The van der Waals surface area contributed by atoms with Crippen LogP contribution < -0.4 is 15.4 Å². The number of nitro benzene ring substituents is 1. The van der Waals surface area contributed by atoms with Gasteiger partial charge in [-0.2, -0.15) is 0 Å². The number of benzene rings is 2. The summed E-state index contributed by atoms with van der Waals surface area (Å²) in [5, 5.41) is 16.6. The highest BCUT2D eigenvalue weighted by atomic mass is 19.4. The molecule has 2 amide bonds. The molecular weight excluding hydrogens is 449 g/mol. The van der Waals surface area contributed by atoms with Gasteiger partial charge in [0, 0.05) is 38.0 Å². The Morgan fingerprint density at radius 2 is 1.82 bits per heavy atom. The van der Waals surface area contributed by atoms with Crippen molar-refractivity contribution >= 4 is 28.9 Å². The molecule has 2 N–H and O–H groups in total. The second-order valence-corrected chi connectivity index (χ2v) is 6.69. The van der Waals surface area contributed by atoms with Gasteiger partial charge in [-0.05, 0) is 36.4 Å². The summed E-state index contributed by atoms with van der Waals surface area (Å²) in [6.07, 6.45) is -4.83. The first-order valence-corrected chi connectivity index (χ1v) is 9.42. The Bertz CT molecular complexity index is 998. The van der Waals surface area contributed by atoms with Crippen LogP contribution in [-0.2, 0) is 9.53 Å². The number of likely N-dealkylation sites (N-methyl/N-ethyl adjacent to an activating group) is 1. The third-order valence-corrected chi connectivity index (χ3v) is 4.16. The highest BCUT2D eigenvalue weighted by Gasteiger charge is 2.31. The van der Waals surface area contributed by atoms with Gasteiger partial charge in [-0.15, -0.1) is 13.2 Å². The van der Waals surface area contributed by atoms with Crippen molar-refractivity contribution in [3.8, 4) is 5.75 Å². The molecule has 0 atom stereocenters. The lowest BCUT2D eigenvalue weighted by molar-refractivity contribution is -0.384. The van der Waals surface area contributed by atoms with Crippen molar-refractivity contribution in [2.75, 3.05) is 44.5 Å². The van der Waals surface area contributed by atoms with Crippen molar-refractivity contribution in [3.63, 3.8) is 0 Å². The molecule has 0 saturated carbocycles. The number of nitrogens with zero attached hydrogens (tertiary/aromatic N) is 2. The van der Waals surface area contributed by atoms with E-state index in [0.717, 1.165) is 23.1 Å². The van der Waals surface area contributed by atoms with Crippen LogP contribution in [0.1, 0.15) is 10.4 Å². The van der Waals surface area contributed by atoms with Crippen molar-refractivity contribution < 1.29 is 37.2 Å². The average molecular weight is 470 g/mol. The Labute approximate surface area is 186 Å². The largest absolute Gasteiger partial charge is 0.573 e. The summed E-state index contributed by atoms with van der Waals surface area (Å²) in [6, 6.07) is 8.35. The van der Waals surface area contributed by atoms with E-state index in [4.69, 9.17) is 4.74 Å². The van der Waals surface area contributed by atoms with Gasteiger partial charge < -0.3 is 25.0 Å². The molecule has 10 nitrogen and oxygen atoms in total. The van der Waals surface area contributed by atoms with Crippen molar-refractivity contribution in [1.29, 1.82) is 0 Å². The number of rotatable bonds is 10. The first-order chi connectivity index (χ1) is 15.5. The van der Waals surface area contributed by atoms with Gasteiger partial charge in [-0.25, -0.2) is 0 Å². The van der Waals surface area contributed by atoms with Crippen molar-refractivity contribution in [1.82, 2.24) is 4.90 Å². The van der Waals surface area contributed by atoms with E-state index < -0.39 is 35.4 Å². The van der Waals surface area contributed by atoms with Gasteiger partial charge in [0.05, 0.1) is 18.1 Å². The standard InChI is InChI=1S/C20H21F3N4O6/c1-26(12-18(28)25-14-4-6-15(7-5-14)33-20(21,22)23)19(29)13-3-8-16(24-9-10-32-2)17(11-13)27(30)31/h3-8,11,24H,9-10,12H2,1-2H3,(H,25,28). The second-order valence-electron chi connectivity index (χ2n) is 6.69. The highest BCUT2D eigenvalue weighted by molar-refractivity contribution is 6.00. The number of methoxy groups -OCH3 is 1. The molecule has 0 aliphatic heterocycles. The molecule has 2 aromatic rings. The molecule has 13 heteroatoms. The lowest BCUT2D eigenvalue weighted by Gasteiger charge is -2.17. The lowest BCUT2D eigenvalue weighted by atomic mass is 10.1. The monoisotopic (exact) mass is 470 g/mol. The van der Waals surface area contributed by atoms with Crippen molar-refractivity contribution in [3.05, 3.63) is 58.1 Å². The van der Waals surface area contributed by atoms with Crippen LogP contribution in [0.4, 0.5) is 30.2 Å². The number of ether oxygens (including phenoxy) is 2. The quantitative estimate of drug-likeness (QED) is 0.310. The molecule has 33 heavy (non-hydrogen) atoms. The molecular formula is C20H21F3N4O6. The summed E-state index contributed by atoms with van der Waals surface area (Å²) in [7, 11) is 2.82. The molecule has 0 fully saturated rings. The Morgan fingerprint density at radius 3 is 2.39 bits per heavy atom. The average Bonchev–Trinajstić information content (AvgIpc) is 2.73. The zero-order chi connectivity index (χ0) is 24.6. The second kappa shape index (κ2) is 11.1. The summed E-state index contributed by atoms with van der Waals surface area (Å²) in [6.45, 7) is 0.253. The molecule has 0 radical (unpaired) electrons. The number of halogens is 3. The summed E-state index contributed by atoms with van der Waals surface area (Å²) in [5.74, 6) is -1.71. The molecule has 0 aliphatic carbocycles. The molecule has 0 aromatic heterocycles. The maximum Gasteiger partial charge on any atom is 0.573 e. The van der Waals surface area contributed by atoms with Gasteiger partial charge in [-0.1, -0.05) is 0 Å². The van der Waals surface area contributed by atoms with E-state index in [9.17, 15) is 32.9 Å². The topological polar surface area (TPSA) is 123 Å². The number of anilines is 2. The van der Waals surface area contributed by atoms with E-state index in [2.05, 4.69) is 15.4 Å². The maximum atomic E-state index is 12.6. The molecule has 0 bridgehead atoms. The number of alkyl halides is 3. The summed E-state index contributed by atoms with van der Waals surface area (Å²) in [5.41, 5.74) is 0.100. The Kier molecular flexibility index (Phi) is 8.56. The normalized spacial score (nSPS) is 10.9. The first-order valence-electron chi connectivity index (χ1n) is 9.42. The Hall–Kier alpha value is -3.87. The van der Waals surface area contributed by atoms with Crippen LogP contribution in [0.5, 0.6) is 5.75 Å². The molecule has 178 valence electrons. The number of nitrogens with one attached hydrogen (secondary N) is 2. The zero-order valence-corrected chi connectivity index (χ0v) is 17.6. The number of amides is 2. The Morgan fingerprint density at radius 1 is 1.15 bits per heavy atom. The first kappa shape index (κ1) is 25.4. The summed E-state index contributed by atoms with van der Waals surface area (Å²) >= 11 is 0. The van der Waals surface area contributed by atoms with Crippen LogP contribution in [0.2, 0.25) is 0 Å². The minimum Gasteiger partial charge on any atom is -0.406 e. The van der Waals surface area contributed by atoms with Gasteiger partial charge in [0.2, 0.25) is 5.91 Å². The van der Waals surface area contributed by atoms with Crippen LogP contribution in [0.15, 0.2) is 42.5 Å². The fourth-order valence-electron chi connectivity index (χ4n) is 2.70. The SMILES string of the molecule is COCCNc1ccc(C(=O)N(C)CC(=O)Nc2ccc(OC(F)(F)F)cc2)cc1[N+](=O)[O-]. The van der Waals surface area contributed by atoms with E-state index >= 15 is 0 Å². The highest BCUT2D eigenvalue weighted by Crippen LogP contribution is 2.26. The molecule has 0 spiro atoms. The summed E-state index contributed by atoms with van der Waals surface area (Å²) in [4.78, 5) is 36.6. The third-order valence-electron chi connectivity index (χ3n) is 4.16. The van der Waals surface area contributed by atoms with Crippen LogP contribution in [-0.4, -0.2) is 61.9 Å². The van der Waals surface area contributed by atoms with Gasteiger partial charge in [0.25, 0.3) is 11.6 Å². The van der Waals surface area contributed by atoms with Crippen LogP contribution in [0.25, 0.3) is 0 Å². The Balaban J connectivity index is 2.00. The summed E-state index contributed by atoms with van der Waals surface area (Å²) < 4.78 is 45.2. The molecule has 0 unspecified atom stereocenters. The van der Waals surface area contributed by atoms with E-state index in [1.807, 2.05) is 0 Å². The third kappa shape index (κ3) is 7.96. The smallest absolute Gasteiger partial charge is 0.406 e. The number of carbonyl (C=O) groups is 2. The maximum absolute atomic E-state index is 12.6. The molecule has 0 saturated heterocycles. The number of hydrogen-bond donors (Lipinski definition) is 2. The zero-order valence-electron chi connectivity index (χ0n) is 17.6. The van der Waals surface area contributed by atoms with Gasteiger partial charge >= 0.3 is 6.36 Å². The molecule has 2 rings (SSSR count). The number of nitro groups is 1. The fraction of sp³-hybridized carbons (Fsp3) is 0.300. The van der Waals surface area contributed by atoms with Crippen molar-refractivity contribution in [2.24, 2.45) is 0 Å². The number of hydrogen-bond acceptors (Lipinski definition) is 7. The van der Waals surface area contributed by atoms with Crippen LogP contribution in [0.3, 0.4) is 0 Å². The van der Waals surface area contributed by atoms with Gasteiger partial charge in [-0.3, -0.25) is 19.7 Å². The fourth-order valence-corrected chi connectivity index (χ4v) is 2.70. The van der Waals surface area contributed by atoms with E-state index in [1.54, 1.807) is 0 Å². The lowest BCUT2D eigenvalue weighted by Crippen LogP contribution is -2.35.